The molecule has 26 heavy (non-hydrogen) atoms. The number of aliphatic imine (C=N–C) groups is 1. The summed E-state index contributed by atoms with van der Waals surface area (Å²) in [5.41, 5.74) is 1.08. The lowest BCUT2D eigenvalue weighted by Crippen LogP contribution is -2.43. The molecule has 0 radical (unpaired) electrons. The van der Waals surface area contributed by atoms with Crippen molar-refractivity contribution in [3.63, 3.8) is 0 Å². The third-order valence-electron chi connectivity index (χ3n) is 3.97. The van der Waals surface area contributed by atoms with Crippen LogP contribution in [0.3, 0.4) is 0 Å². The molecule has 7 heteroatoms. The molecule has 2 N–H and O–H groups in total. The summed E-state index contributed by atoms with van der Waals surface area (Å²) in [6, 6.07) is 5.75. The van der Waals surface area contributed by atoms with E-state index in [1.165, 1.54) is 0 Å². The quantitative estimate of drug-likeness (QED) is 0.453. The first-order chi connectivity index (χ1) is 12.5. The molecule has 0 aliphatic heterocycles. The Balaban J connectivity index is 2.42. The van der Waals surface area contributed by atoms with Gasteiger partial charge in [0.25, 0.3) is 0 Å². The molecule has 0 aromatic heterocycles. The van der Waals surface area contributed by atoms with Crippen LogP contribution >= 0.6 is 11.6 Å². The summed E-state index contributed by atoms with van der Waals surface area (Å²) in [6.07, 6.45) is 1.95. The Hall–Kier alpha value is -1.50. The Bertz CT molecular complexity index is 552. The predicted octanol–water partition coefficient (Wildman–Crippen LogP) is 2.41. The maximum Gasteiger partial charge on any atom is 0.191 e. The van der Waals surface area contributed by atoms with Crippen LogP contribution in [0.1, 0.15) is 18.9 Å². The number of benzene rings is 1. The molecule has 1 aromatic rings. The Kier molecular flexibility index (Phi) is 11.1. The third kappa shape index (κ3) is 8.74. The molecule has 0 aliphatic rings. The molecule has 0 amide bonds. The Morgan fingerprint density at radius 2 is 2.08 bits per heavy atom. The van der Waals surface area contributed by atoms with Crippen molar-refractivity contribution >= 4 is 17.6 Å². The van der Waals surface area contributed by atoms with Crippen LogP contribution in [0.2, 0.25) is 5.02 Å². The van der Waals surface area contributed by atoms with E-state index in [9.17, 15) is 0 Å². The minimum absolute atomic E-state index is 0.164. The van der Waals surface area contributed by atoms with Crippen molar-refractivity contribution in [3.8, 4) is 5.75 Å². The van der Waals surface area contributed by atoms with Gasteiger partial charge >= 0.3 is 0 Å². The van der Waals surface area contributed by atoms with Crippen LogP contribution in [0.4, 0.5) is 0 Å². The van der Waals surface area contributed by atoms with E-state index in [0.717, 1.165) is 49.7 Å². The van der Waals surface area contributed by atoms with Crippen molar-refractivity contribution < 1.29 is 9.47 Å². The van der Waals surface area contributed by atoms with Crippen LogP contribution in [-0.2, 0) is 11.2 Å². The lowest BCUT2D eigenvalue weighted by atomic mass is 10.1. The molecule has 0 aliphatic carbocycles. The van der Waals surface area contributed by atoms with Crippen LogP contribution in [0, 0.1) is 0 Å². The molecule has 1 unspecified atom stereocenters. The fraction of sp³-hybridized carbons (Fsp3) is 0.632. The van der Waals surface area contributed by atoms with Crippen molar-refractivity contribution in [3.05, 3.63) is 28.8 Å². The average molecular weight is 385 g/mol. The standard InChI is InChI=1S/C19H33ClN4O2/c1-6-26-17(10-12-24(3)4)14-23-19(21-2)22-11-9-15-7-8-16(25-5)13-18(15)20/h7-8,13,17H,6,9-12,14H2,1-5H3,(H2,21,22,23). The fourth-order valence-corrected chi connectivity index (χ4v) is 2.75. The van der Waals surface area contributed by atoms with Crippen molar-refractivity contribution in [2.24, 2.45) is 4.99 Å². The van der Waals surface area contributed by atoms with E-state index in [4.69, 9.17) is 21.1 Å². The minimum Gasteiger partial charge on any atom is -0.497 e. The van der Waals surface area contributed by atoms with Gasteiger partial charge in [-0.25, -0.2) is 0 Å². The van der Waals surface area contributed by atoms with Gasteiger partial charge in [-0.2, -0.15) is 0 Å². The SMILES string of the molecule is CCOC(CCN(C)C)CNC(=NC)NCCc1ccc(OC)cc1Cl. The second-order valence-electron chi connectivity index (χ2n) is 6.26. The molecule has 1 atom stereocenters. The topological polar surface area (TPSA) is 58.1 Å². The number of rotatable bonds is 11. The number of ether oxygens (including phenoxy) is 2. The number of hydrogen-bond donors (Lipinski definition) is 2. The molecule has 1 aromatic carbocycles. The lowest BCUT2D eigenvalue weighted by Gasteiger charge is -2.21. The molecular formula is C19H33ClN4O2. The van der Waals surface area contributed by atoms with E-state index in [1.54, 1.807) is 14.2 Å². The second-order valence-corrected chi connectivity index (χ2v) is 6.66. The molecule has 148 valence electrons. The van der Waals surface area contributed by atoms with Gasteiger partial charge in [0, 0.05) is 38.3 Å². The third-order valence-corrected chi connectivity index (χ3v) is 4.32. The summed E-state index contributed by atoms with van der Waals surface area (Å²) in [6.45, 7) is 5.19. The van der Waals surface area contributed by atoms with Gasteiger partial charge in [0.05, 0.1) is 13.2 Å². The fourth-order valence-electron chi connectivity index (χ4n) is 2.49. The molecule has 6 nitrogen and oxygen atoms in total. The van der Waals surface area contributed by atoms with Gasteiger partial charge in [-0.05, 0) is 51.6 Å². The number of methoxy groups -OCH3 is 1. The van der Waals surface area contributed by atoms with Crippen LogP contribution in [0.25, 0.3) is 0 Å². The molecule has 0 spiro atoms. The highest BCUT2D eigenvalue weighted by Crippen LogP contribution is 2.22. The first kappa shape index (κ1) is 22.5. The highest BCUT2D eigenvalue weighted by Gasteiger charge is 2.10. The van der Waals surface area contributed by atoms with Gasteiger partial charge in [-0.3, -0.25) is 4.99 Å². The van der Waals surface area contributed by atoms with Gasteiger partial charge in [0.15, 0.2) is 5.96 Å². The summed E-state index contributed by atoms with van der Waals surface area (Å²) in [7, 11) is 7.55. The van der Waals surface area contributed by atoms with E-state index < -0.39 is 0 Å². The van der Waals surface area contributed by atoms with Crippen LogP contribution in [0.15, 0.2) is 23.2 Å². The molecule has 0 fully saturated rings. The van der Waals surface area contributed by atoms with Gasteiger partial charge in [0.1, 0.15) is 5.75 Å². The van der Waals surface area contributed by atoms with Crippen molar-refractivity contribution in [2.75, 3.05) is 54.5 Å². The largest absolute Gasteiger partial charge is 0.497 e. The van der Waals surface area contributed by atoms with Gasteiger partial charge < -0.3 is 25.0 Å². The zero-order valence-electron chi connectivity index (χ0n) is 16.6. The summed E-state index contributed by atoms with van der Waals surface area (Å²) >= 11 is 6.28. The minimum atomic E-state index is 0.164. The van der Waals surface area contributed by atoms with E-state index >= 15 is 0 Å². The Morgan fingerprint density at radius 3 is 2.65 bits per heavy atom. The monoisotopic (exact) mass is 384 g/mol. The Labute approximate surface area is 162 Å². The van der Waals surface area contributed by atoms with Gasteiger partial charge in [-0.1, -0.05) is 17.7 Å². The first-order valence-corrected chi connectivity index (χ1v) is 9.41. The molecule has 0 saturated heterocycles. The highest BCUT2D eigenvalue weighted by atomic mass is 35.5. The zero-order valence-corrected chi connectivity index (χ0v) is 17.4. The second kappa shape index (κ2) is 12.8. The number of halogens is 1. The zero-order chi connectivity index (χ0) is 19.4. The van der Waals surface area contributed by atoms with E-state index in [-0.39, 0.29) is 6.10 Å². The smallest absolute Gasteiger partial charge is 0.191 e. The average Bonchev–Trinajstić information content (AvgIpc) is 2.63. The number of hydrogen-bond acceptors (Lipinski definition) is 4. The van der Waals surface area contributed by atoms with Crippen molar-refractivity contribution in [1.82, 2.24) is 15.5 Å². The number of nitrogens with one attached hydrogen (secondary N) is 2. The summed E-state index contributed by atoms with van der Waals surface area (Å²) in [4.78, 5) is 6.44. The Morgan fingerprint density at radius 1 is 1.31 bits per heavy atom. The predicted molar refractivity (Wildman–Crippen MR) is 110 cm³/mol. The number of nitrogens with zero attached hydrogens (tertiary/aromatic N) is 2. The highest BCUT2D eigenvalue weighted by molar-refractivity contribution is 6.31. The maximum absolute atomic E-state index is 6.28. The maximum atomic E-state index is 6.28. The summed E-state index contributed by atoms with van der Waals surface area (Å²) in [5, 5.41) is 7.38. The van der Waals surface area contributed by atoms with Gasteiger partial charge in [-0.15, -0.1) is 0 Å². The van der Waals surface area contributed by atoms with Crippen molar-refractivity contribution in [2.45, 2.75) is 25.9 Å². The molecule has 0 heterocycles. The van der Waals surface area contributed by atoms with E-state index in [2.05, 4.69) is 34.6 Å². The number of guanidine groups is 1. The molecule has 1 rings (SSSR count). The summed E-state index contributed by atoms with van der Waals surface area (Å²) < 4.78 is 11.0. The normalized spacial score (nSPS) is 13.0. The molecule has 0 bridgehead atoms. The lowest BCUT2D eigenvalue weighted by molar-refractivity contribution is 0.0548. The van der Waals surface area contributed by atoms with E-state index in [1.807, 2.05) is 25.1 Å². The molecule has 0 saturated carbocycles. The first-order valence-electron chi connectivity index (χ1n) is 9.03. The molecular weight excluding hydrogens is 352 g/mol. The van der Waals surface area contributed by atoms with Crippen molar-refractivity contribution in [1.29, 1.82) is 0 Å². The summed E-state index contributed by atoms with van der Waals surface area (Å²) in [5.74, 6) is 1.54. The van der Waals surface area contributed by atoms with Crippen LogP contribution in [-0.4, -0.2) is 71.5 Å². The van der Waals surface area contributed by atoms with E-state index in [0.29, 0.717) is 11.6 Å². The van der Waals surface area contributed by atoms with Crippen LogP contribution < -0.4 is 15.4 Å². The van der Waals surface area contributed by atoms with Crippen LogP contribution in [0.5, 0.6) is 5.75 Å². The van der Waals surface area contributed by atoms with Gasteiger partial charge in [0.2, 0.25) is 0 Å².